The van der Waals surface area contributed by atoms with Crippen molar-refractivity contribution in [3.05, 3.63) is 108 Å². The number of carbonyl (C=O) groups is 3. The minimum Gasteiger partial charge on any atom is -0.481 e. The molecule has 0 aliphatic heterocycles. The van der Waals surface area contributed by atoms with Crippen LogP contribution in [-0.4, -0.2) is 27.8 Å². The van der Waals surface area contributed by atoms with Gasteiger partial charge in [0.1, 0.15) is 11.5 Å². The zero-order chi connectivity index (χ0) is 27.0. The van der Waals surface area contributed by atoms with Crippen LogP contribution in [0.15, 0.2) is 91.1 Å². The van der Waals surface area contributed by atoms with Gasteiger partial charge in [-0.3, -0.25) is 19.4 Å². The normalized spacial score (nSPS) is 13.8. The van der Waals surface area contributed by atoms with Gasteiger partial charge in [0.2, 0.25) is 0 Å². The fourth-order valence-electron chi connectivity index (χ4n) is 5.08. The molecule has 3 aromatic carbocycles. The number of ketones is 1. The second-order valence-electron chi connectivity index (χ2n) is 9.64. The molecule has 1 heterocycles. The summed E-state index contributed by atoms with van der Waals surface area (Å²) in [6.07, 6.45) is 6.62. The number of amides is 1. The van der Waals surface area contributed by atoms with Crippen molar-refractivity contribution in [3.63, 3.8) is 0 Å². The third kappa shape index (κ3) is 6.32. The average Bonchev–Trinajstić information content (AvgIpc) is 3.45. The van der Waals surface area contributed by atoms with Gasteiger partial charge in [0.25, 0.3) is 5.91 Å². The predicted octanol–water partition coefficient (Wildman–Crippen LogP) is 6.59. The molecule has 1 amide bonds. The van der Waals surface area contributed by atoms with E-state index in [9.17, 15) is 14.4 Å². The number of anilines is 1. The molecular formula is C32H32N2O4. The summed E-state index contributed by atoms with van der Waals surface area (Å²) in [5.74, 6) is -0.763. The fourth-order valence-corrected chi connectivity index (χ4v) is 5.08. The first-order valence-corrected chi connectivity index (χ1v) is 12.9. The van der Waals surface area contributed by atoms with Crippen molar-refractivity contribution in [2.24, 2.45) is 0 Å². The SMILES string of the molecule is CC(=O)C1(c2ccccc2)CCCC1.O=C(O)CCc1ccc(NC(=O)c2nccc3ccccc23)cc1. The van der Waals surface area contributed by atoms with E-state index in [0.717, 1.165) is 29.2 Å². The van der Waals surface area contributed by atoms with Crippen LogP contribution in [0.4, 0.5) is 5.69 Å². The van der Waals surface area contributed by atoms with Crippen molar-refractivity contribution >= 4 is 34.1 Å². The smallest absolute Gasteiger partial charge is 0.303 e. The molecule has 38 heavy (non-hydrogen) atoms. The van der Waals surface area contributed by atoms with Gasteiger partial charge in [0.05, 0.1) is 5.41 Å². The molecule has 4 aromatic rings. The standard InChI is InChI=1S/C19H16N2O3.C13H16O/c22-17(23)10-7-13-5-8-15(9-6-13)21-19(24)18-16-4-2-1-3-14(16)11-12-20-18;1-11(14)13(9-5-6-10-13)12-7-3-2-4-8-12/h1-6,8-9,11-12H,7,10H2,(H,21,24)(H,22,23);2-4,7-8H,5-6,9-10H2,1H3. The number of carboxylic acid groups (broad SMARTS) is 1. The van der Waals surface area contributed by atoms with Crippen molar-refractivity contribution in [3.8, 4) is 0 Å². The molecule has 2 N–H and O–H groups in total. The van der Waals surface area contributed by atoms with E-state index in [1.165, 1.54) is 18.4 Å². The summed E-state index contributed by atoms with van der Waals surface area (Å²) in [5.41, 5.74) is 3.00. The summed E-state index contributed by atoms with van der Waals surface area (Å²) in [6.45, 7) is 1.73. The van der Waals surface area contributed by atoms with E-state index in [-0.39, 0.29) is 17.7 Å². The molecule has 5 rings (SSSR count). The van der Waals surface area contributed by atoms with Crippen molar-refractivity contribution < 1.29 is 19.5 Å². The van der Waals surface area contributed by atoms with E-state index in [4.69, 9.17) is 5.11 Å². The second kappa shape index (κ2) is 12.3. The summed E-state index contributed by atoms with van der Waals surface area (Å²) in [4.78, 5) is 39.0. The van der Waals surface area contributed by atoms with Gasteiger partial charge in [-0.15, -0.1) is 0 Å². The van der Waals surface area contributed by atoms with Gasteiger partial charge in [0, 0.05) is 23.7 Å². The van der Waals surface area contributed by atoms with Gasteiger partial charge < -0.3 is 10.4 Å². The summed E-state index contributed by atoms with van der Waals surface area (Å²) in [5, 5.41) is 13.3. The van der Waals surface area contributed by atoms with Gasteiger partial charge in [-0.05, 0) is 60.9 Å². The average molecular weight is 509 g/mol. The monoisotopic (exact) mass is 508 g/mol. The molecule has 1 fully saturated rings. The first-order valence-electron chi connectivity index (χ1n) is 12.9. The minimum atomic E-state index is -0.825. The molecule has 194 valence electrons. The van der Waals surface area contributed by atoms with Crippen molar-refractivity contribution in [1.82, 2.24) is 4.98 Å². The lowest BCUT2D eigenvalue weighted by Gasteiger charge is -2.26. The molecule has 0 radical (unpaired) electrons. The van der Waals surface area contributed by atoms with Crippen molar-refractivity contribution in [2.75, 3.05) is 5.32 Å². The number of aryl methyl sites for hydroxylation is 1. The van der Waals surface area contributed by atoms with E-state index in [0.29, 0.717) is 23.6 Å². The van der Waals surface area contributed by atoms with Gasteiger partial charge in [-0.2, -0.15) is 0 Å². The number of carbonyl (C=O) groups excluding carboxylic acids is 2. The van der Waals surface area contributed by atoms with E-state index < -0.39 is 5.97 Å². The Morgan fingerprint density at radius 3 is 2.18 bits per heavy atom. The number of aromatic nitrogens is 1. The zero-order valence-electron chi connectivity index (χ0n) is 21.5. The molecule has 1 aromatic heterocycles. The molecule has 0 bridgehead atoms. The lowest BCUT2D eigenvalue weighted by molar-refractivity contribution is -0.137. The number of benzene rings is 3. The molecule has 0 atom stereocenters. The first kappa shape index (κ1) is 26.7. The highest BCUT2D eigenvalue weighted by molar-refractivity contribution is 6.11. The molecule has 6 heteroatoms. The Labute approximate surface area is 222 Å². The molecule has 0 unspecified atom stereocenters. The molecule has 1 saturated carbocycles. The van der Waals surface area contributed by atoms with Crippen LogP contribution in [0.1, 0.15) is 60.6 Å². The number of Topliss-reactive ketones (excluding diaryl/α,β-unsaturated/α-hetero) is 1. The summed E-state index contributed by atoms with van der Waals surface area (Å²) >= 11 is 0. The molecule has 1 aliphatic rings. The Morgan fingerprint density at radius 2 is 1.53 bits per heavy atom. The number of nitrogens with one attached hydrogen (secondary N) is 1. The maximum atomic E-state index is 12.5. The highest BCUT2D eigenvalue weighted by Gasteiger charge is 2.39. The highest BCUT2D eigenvalue weighted by Crippen LogP contribution is 2.41. The van der Waals surface area contributed by atoms with Crippen LogP contribution in [0.25, 0.3) is 10.8 Å². The summed E-state index contributed by atoms with van der Waals surface area (Å²) in [6, 6.07) is 26.9. The molecule has 6 nitrogen and oxygen atoms in total. The summed E-state index contributed by atoms with van der Waals surface area (Å²) < 4.78 is 0. The maximum absolute atomic E-state index is 12.5. The Balaban J connectivity index is 0.000000204. The second-order valence-corrected chi connectivity index (χ2v) is 9.64. The molecular weight excluding hydrogens is 476 g/mol. The van der Waals surface area contributed by atoms with Crippen molar-refractivity contribution in [2.45, 2.75) is 50.9 Å². The number of carboxylic acids is 1. The van der Waals surface area contributed by atoms with Crippen molar-refractivity contribution in [1.29, 1.82) is 0 Å². The number of hydrogen-bond acceptors (Lipinski definition) is 4. The highest BCUT2D eigenvalue weighted by atomic mass is 16.4. The lowest BCUT2D eigenvalue weighted by atomic mass is 9.76. The number of rotatable bonds is 7. The third-order valence-corrected chi connectivity index (χ3v) is 7.19. The lowest BCUT2D eigenvalue weighted by Crippen LogP contribution is -2.30. The number of nitrogens with zero attached hydrogens (tertiary/aromatic N) is 1. The van der Waals surface area contributed by atoms with Gasteiger partial charge in [0.15, 0.2) is 0 Å². The Hall–Kier alpha value is -4.32. The van der Waals surface area contributed by atoms with Crippen LogP contribution in [0.3, 0.4) is 0 Å². The topological polar surface area (TPSA) is 96.4 Å². The van der Waals surface area contributed by atoms with E-state index in [2.05, 4.69) is 22.4 Å². The Kier molecular flexibility index (Phi) is 8.64. The predicted molar refractivity (Wildman–Crippen MR) is 149 cm³/mol. The molecule has 0 spiro atoms. The van der Waals surface area contributed by atoms with Gasteiger partial charge >= 0.3 is 5.97 Å². The quantitative estimate of drug-likeness (QED) is 0.293. The van der Waals surface area contributed by atoms with Crippen LogP contribution >= 0.6 is 0 Å². The molecule has 1 aliphatic carbocycles. The third-order valence-electron chi connectivity index (χ3n) is 7.19. The Bertz CT molecular complexity index is 1400. The number of aliphatic carboxylic acids is 1. The van der Waals surface area contributed by atoms with Crippen LogP contribution in [0, 0.1) is 0 Å². The van der Waals surface area contributed by atoms with Gasteiger partial charge in [-0.1, -0.05) is 79.6 Å². The number of hydrogen-bond donors (Lipinski definition) is 2. The minimum absolute atomic E-state index is 0.0889. The zero-order valence-corrected chi connectivity index (χ0v) is 21.5. The van der Waals surface area contributed by atoms with Crippen LogP contribution in [0.5, 0.6) is 0 Å². The largest absolute Gasteiger partial charge is 0.481 e. The molecule has 0 saturated heterocycles. The van der Waals surface area contributed by atoms with E-state index in [1.807, 2.05) is 60.7 Å². The Morgan fingerprint density at radius 1 is 0.868 bits per heavy atom. The van der Waals surface area contributed by atoms with Crippen LogP contribution in [0.2, 0.25) is 0 Å². The van der Waals surface area contributed by atoms with Gasteiger partial charge in [-0.25, -0.2) is 0 Å². The van der Waals surface area contributed by atoms with Crippen LogP contribution in [-0.2, 0) is 21.4 Å². The van der Waals surface area contributed by atoms with E-state index in [1.54, 1.807) is 25.3 Å². The maximum Gasteiger partial charge on any atom is 0.303 e. The fraction of sp³-hybridized carbons (Fsp3) is 0.250. The number of pyridine rings is 1. The summed E-state index contributed by atoms with van der Waals surface area (Å²) in [7, 11) is 0. The van der Waals surface area contributed by atoms with Crippen LogP contribution < -0.4 is 5.32 Å². The van der Waals surface area contributed by atoms with E-state index >= 15 is 0 Å². The first-order chi connectivity index (χ1) is 18.4. The number of fused-ring (bicyclic) bond motifs is 1.